The third-order valence-corrected chi connectivity index (χ3v) is 4.22. The monoisotopic (exact) mass is 290 g/mol. The largest absolute Gasteiger partial charge is 0.381 e. The Morgan fingerprint density at radius 3 is 2.76 bits per heavy atom. The predicted octanol–water partition coefficient (Wildman–Crippen LogP) is 2.65. The molecule has 0 radical (unpaired) electrons. The smallest absolute Gasteiger partial charge is 0.238 e. The second kappa shape index (κ2) is 7.57. The third kappa shape index (κ3) is 4.83. The number of hydrogen-bond donors (Lipinski definition) is 2. The molecule has 2 rings (SSSR count). The van der Waals surface area contributed by atoms with Gasteiger partial charge in [-0.3, -0.25) is 4.79 Å². The van der Waals surface area contributed by atoms with Crippen LogP contribution in [0.3, 0.4) is 0 Å². The second-order valence-electron chi connectivity index (χ2n) is 5.99. The summed E-state index contributed by atoms with van der Waals surface area (Å²) >= 11 is 0. The number of nitrogens with one attached hydrogen (secondary N) is 2. The maximum absolute atomic E-state index is 12.1. The number of aryl methyl sites for hydroxylation is 2. The highest BCUT2D eigenvalue weighted by molar-refractivity contribution is 5.93. The summed E-state index contributed by atoms with van der Waals surface area (Å²) in [6.07, 6.45) is 2.15. The van der Waals surface area contributed by atoms with Crippen LogP contribution in [0.4, 0.5) is 5.69 Å². The Labute approximate surface area is 127 Å². The molecule has 1 fully saturated rings. The minimum atomic E-state index is 0.0163. The van der Waals surface area contributed by atoms with Gasteiger partial charge in [-0.05, 0) is 56.7 Å². The number of ether oxygens (including phenoxy) is 1. The summed E-state index contributed by atoms with van der Waals surface area (Å²) in [6, 6.07) is 6.44. The lowest BCUT2D eigenvalue weighted by Gasteiger charge is -2.28. The first-order chi connectivity index (χ1) is 10.1. The van der Waals surface area contributed by atoms with Crippen LogP contribution >= 0.6 is 0 Å². The van der Waals surface area contributed by atoms with Gasteiger partial charge in [0.1, 0.15) is 0 Å². The number of benzene rings is 1. The summed E-state index contributed by atoms with van der Waals surface area (Å²) in [5, 5.41) is 6.32. The van der Waals surface area contributed by atoms with E-state index in [4.69, 9.17) is 4.74 Å². The Balaban J connectivity index is 1.80. The van der Waals surface area contributed by atoms with Crippen molar-refractivity contribution in [2.45, 2.75) is 39.7 Å². The van der Waals surface area contributed by atoms with E-state index in [0.29, 0.717) is 18.5 Å². The maximum atomic E-state index is 12.1. The van der Waals surface area contributed by atoms with Crippen molar-refractivity contribution in [3.63, 3.8) is 0 Å². The van der Waals surface area contributed by atoms with Crippen LogP contribution in [0.15, 0.2) is 18.2 Å². The summed E-state index contributed by atoms with van der Waals surface area (Å²) in [5.41, 5.74) is 3.14. The van der Waals surface area contributed by atoms with E-state index in [1.165, 1.54) is 0 Å². The molecule has 21 heavy (non-hydrogen) atoms. The van der Waals surface area contributed by atoms with E-state index in [1.807, 2.05) is 26.0 Å². The average molecular weight is 290 g/mol. The van der Waals surface area contributed by atoms with Gasteiger partial charge in [0.05, 0.1) is 6.54 Å². The lowest BCUT2D eigenvalue weighted by molar-refractivity contribution is -0.115. The zero-order valence-corrected chi connectivity index (χ0v) is 13.2. The van der Waals surface area contributed by atoms with Crippen molar-refractivity contribution in [1.29, 1.82) is 0 Å². The highest BCUT2D eigenvalue weighted by Crippen LogP contribution is 2.19. The van der Waals surface area contributed by atoms with Gasteiger partial charge in [-0.15, -0.1) is 0 Å². The summed E-state index contributed by atoms with van der Waals surface area (Å²) in [7, 11) is 0. The number of rotatable bonds is 5. The van der Waals surface area contributed by atoms with E-state index >= 15 is 0 Å². The molecule has 4 nitrogen and oxygen atoms in total. The van der Waals surface area contributed by atoms with Gasteiger partial charge in [0.15, 0.2) is 0 Å². The van der Waals surface area contributed by atoms with Crippen LogP contribution in [0, 0.1) is 19.8 Å². The van der Waals surface area contributed by atoms with Crippen molar-refractivity contribution in [2.75, 3.05) is 25.1 Å². The molecule has 1 heterocycles. The van der Waals surface area contributed by atoms with Gasteiger partial charge in [0.25, 0.3) is 0 Å². The number of anilines is 1. The van der Waals surface area contributed by atoms with Gasteiger partial charge >= 0.3 is 0 Å². The van der Waals surface area contributed by atoms with Crippen LogP contribution in [-0.2, 0) is 9.53 Å². The van der Waals surface area contributed by atoms with E-state index in [-0.39, 0.29) is 5.91 Å². The minimum absolute atomic E-state index is 0.0163. The van der Waals surface area contributed by atoms with Crippen molar-refractivity contribution in [3.8, 4) is 0 Å². The standard InChI is InChI=1S/C17H26N2O2/c1-12-4-5-13(2)16(10-12)19-17(20)11-18-14(3)15-6-8-21-9-7-15/h4-5,10,14-15,18H,6-9,11H2,1-3H3,(H,19,20). The van der Waals surface area contributed by atoms with E-state index < -0.39 is 0 Å². The fourth-order valence-corrected chi connectivity index (χ4v) is 2.70. The normalized spacial score (nSPS) is 17.5. The van der Waals surface area contributed by atoms with Gasteiger partial charge in [-0.2, -0.15) is 0 Å². The highest BCUT2D eigenvalue weighted by Gasteiger charge is 2.20. The molecule has 0 aromatic heterocycles. The van der Waals surface area contributed by atoms with Crippen LogP contribution in [-0.4, -0.2) is 31.7 Å². The van der Waals surface area contributed by atoms with Crippen LogP contribution in [0.1, 0.15) is 30.9 Å². The van der Waals surface area contributed by atoms with Crippen LogP contribution in [0.2, 0.25) is 0 Å². The van der Waals surface area contributed by atoms with Crippen molar-refractivity contribution < 1.29 is 9.53 Å². The zero-order valence-electron chi connectivity index (χ0n) is 13.2. The Bertz CT molecular complexity index is 482. The fraction of sp³-hybridized carbons (Fsp3) is 0.588. The molecule has 2 N–H and O–H groups in total. The molecule has 1 aromatic rings. The molecule has 1 aliphatic rings. The number of carbonyl (C=O) groups excluding carboxylic acids is 1. The van der Waals surface area contributed by atoms with Crippen molar-refractivity contribution in [1.82, 2.24) is 5.32 Å². The van der Waals surface area contributed by atoms with Crippen molar-refractivity contribution in [3.05, 3.63) is 29.3 Å². The van der Waals surface area contributed by atoms with Gasteiger partial charge < -0.3 is 15.4 Å². The molecule has 1 aromatic carbocycles. The lowest BCUT2D eigenvalue weighted by Crippen LogP contribution is -2.40. The summed E-state index contributed by atoms with van der Waals surface area (Å²) in [5.74, 6) is 0.620. The molecule has 0 bridgehead atoms. The quantitative estimate of drug-likeness (QED) is 0.876. The van der Waals surface area contributed by atoms with Gasteiger partial charge in [-0.25, -0.2) is 0 Å². The molecule has 1 saturated heterocycles. The second-order valence-corrected chi connectivity index (χ2v) is 5.99. The molecule has 0 saturated carbocycles. The van der Waals surface area contributed by atoms with Crippen LogP contribution in [0.5, 0.6) is 0 Å². The van der Waals surface area contributed by atoms with E-state index in [0.717, 1.165) is 42.9 Å². The molecule has 0 aliphatic carbocycles. The van der Waals surface area contributed by atoms with Crippen LogP contribution < -0.4 is 10.6 Å². The maximum Gasteiger partial charge on any atom is 0.238 e. The molecule has 1 amide bonds. The molecule has 1 atom stereocenters. The summed E-state index contributed by atoms with van der Waals surface area (Å²) < 4.78 is 5.37. The average Bonchev–Trinajstić information content (AvgIpc) is 2.49. The molecule has 1 unspecified atom stereocenters. The van der Waals surface area contributed by atoms with E-state index in [1.54, 1.807) is 0 Å². The zero-order chi connectivity index (χ0) is 15.2. The number of hydrogen-bond acceptors (Lipinski definition) is 3. The molecule has 1 aliphatic heterocycles. The summed E-state index contributed by atoms with van der Waals surface area (Å²) in [6.45, 7) is 8.22. The Kier molecular flexibility index (Phi) is 5.76. The Morgan fingerprint density at radius 1 is 1.33 bits per heavy atom. The first-order valence-corrected chi connectivity index (χ1v) is 7.74. The molecule has 4 heteroatoms. The van der Waals surface area contributed by atoms with Gasteiger partial charge in [0.2, 0.25) is 5.91 Å². The van der Waals surface area contributed by atoms with Crippen LogP contribution in [0.25, 0.3) is 0 Å². The first-order valence-electron chi connectivity index (χ1n) is 7.74. The molecular weight excluding hydrogens is 264 g/mol. The predicted molar refractivity (Wildman–Crippen MR) is 85.6 cm³/mol. The number of amides is 1. The van der Waals surface area contributed by atoms with Gasteiger partial charge in [-0.1, -0.05) is 12.1 Å². The minimum Gasteiger partial charge on any atom is -0.381 e. The number of carbonyl (C=O) groups is 1. The third-order valence-electron chi connectivity index (χ3n) is 4.22. The van der Waals surface area contributed by atoms with Crippen molar-refractivity contribution >= 4 is 11.6 Å². The Hall–Kier alpha value is -1.39. The summed E-state index contributed by atoms with van der Waals surface area (Å²) in [4.78, 5) is 12.1. The van der Waals surface area contributed by atoms with E-state index in [2.05, 4.69) is 23.6 Å². The van der Waals surface area contributed by atoms with Gasteiger partial charge in [0, 0.05) is 24.9 Å². The topological polar surface area (TPSA) is 50.4 Å². The Morgan fingerprint density at radius 2 is 2.05 bits per heavy atom. The molecular formula is C17H26N2O2. The highest BCUT2D eigenvalue weighted by atomic mass is 16.5. The fourth-order valence-electron chi connectivity index (χ4n) is 2.70. The lowest BCUT2D eigenvalue weighted by atomic mass is 9.93. The molecule has 0 spiro atoms. The van der Waals surface area contributed by atoms with E-state index in [9.17, 15) is 4.79 Å². The van der Waals surface area contributed by atoms with Crippen molar-refractivity contribution in [2.24, 2.45) is 5.92 Å². The SMILES string of the molecule is Cc1ccc(C)c(NC(=O)CNC(C)C2CCOCC2)c1. The molecule has 116 valence electrons. The first kappa shape index (κ1) is 16.0.